The Labute approximate surface area is 185 Å². The first kappa shape index (κ1) is 23.6. The molecule has 3 atom stereocenters. The van der Waals surface area contributed by atoms with Crippen LogP contribution in [0.1, 0.15) is 24.0 Å². The van der Waals surface area contributed by atoms with Gasteiger partial charge in [0, 0.05) is 19.2 Å². The van der Waals surface area contributed by atoms with Crippen molar-refractivity contribution in [1.82, 2.24) is 9.62 Å². The van der Waals surface area contributed by atoms with Crippen molar-refractivity contribution < 1.29 is 14.1 Å². The maximum atomic E-state index is 12.6. The van der Waals surface area contributed by atoms with Gasteiger partial charge < -0.3 is 10.0 Å². The number of aliphatic imine (C=N–C) groups is 1. The second-order valence-corrected chi connectivity index (χ2v) is 8.59. The van der Waals surface area contributed by atoms with Crippen LogP contribution in [-0.4, -0.2) is 39.6 Å². The summed E-state index contributed by atoms with van der Waals surface area (Å²) in [6.45, 7) is 5.69. The van der Waals surface area contributed by atoms with Gasteiger partial charge in [-0.25, -0.2) is 13.9 Å². The molecule has 0 amide bonds. The minimum atomic E-state index is -1.81. The highest BCUT2D eigenvalue weighted by atomic mass is 32.2. The van der Waals surface area contributed by atoms with Crippen molar-refractivity contribution in [1.29, 1.82) is 0 Å². The molecule has 6 nitrogen and oxygen atoms in total. The van der Waals surface area contributed by atoms with E-state index in [9.17, 15) is 14.1 Å². The maximum absolute atomic E-state index is 12.6. The van der Waals surface area contributed by atoms with E-state index in [1.165, 1.54) is 12.5 Å². The molecule has 8 heteroatoms. The molecule has 0 bridgehead atoms. The fourth-order valence-corrected chi connectivity index (χ4v) is 3.87. The molecule has 158 valence electrons. The molecule has 0 spiro atoms. The maximum Gasteiger partial charge on any atom is 0.322 e. The number of aliphatic carboxylic acids is 1. The van der Waals surface area contributed by atoms with Crippen molar-refractivity contribution in [3.8, 4) is 0 Å². The number of hydrogen-bond acceptors (Lipinski definition) is 4. The van der Waals surface area contributed by atoms with E-state index in [4.69, 9.17) is 0 Å². The Bertz CT molecular complexity index is 947. The summed E-state index contributed by atoms with van der Waals surface area (Å²) in [5.41, 5.74) is 2.31. The first-order chi connectivity index (χ1) is 14.3. The van der Waals surface area contributed by atoms with E-state index < -0.39 is 23.0 Å². The molecule has 0 saturated heterocycles. The number of nitrogens with one attached hydrogen (secondary N) is 1. The average molecular weight is 444 g/mol. The molecular formula is C22H25N3O3S2. The SMILES string of the molecule is C=C(N=CN(C)/C=C(\S)S(=O)NC(C(=O)O)C(C)c1ccccc1)c1ccccc1. The zero-order valence-corrected chi connectivity index (χ0v) is 18.5. The first-order valence-corrected chi connectivity index (χ1v) is 10.8. The third-order valence-electron chi connectivity index (χ3n) is 4.33. The van der Waals surface area contributed by atoms with Gasteiger partial charge >= 0.3 is 5.97 Å². The predicted octanol–water partition coefficient (Wildman–Crippen LogP) is 3.86. The molecule has 2 aromatic carbocycles. The first-order valence-electron chi connectivity index (χ1n) is 9.16. The van der Waals surface area contributed by atoms with Crippen LogP contribution in [0.4, 0.5) is 0 Å². The lowest BCUT2D eigenvalue weighted by Gasteiger charge is -2.21. The molecule has 30 heavy (non-hydrogen) atoms. The van der Waals surface area contributed by atoms with Gasteiger partial charge in [0.2, 0.25) is 0 Å². The van der Waals surface area contributed by atoms with Gasteiger partial charge in [-0.15, -0.1) is 12.6 Å². The number of carboxylic acid groups (broad SMARTS) is 1. The minimum absolute atomic E-state index is 0.167. The lowest BCUT2D eigenvalue weighted by Crippen LogP contribution is -2.41. The normalized spacial score (nSPS) is 14.8. The number of hydrogen-bond donors (Lipinski definition) is 3. The number of benzene rings is 2. The van der Waals surface area contributed by atoms with Crippen molar-refractivity contribution in [2.75, 3.05) is 7.05 Å². The Morgan fingerprint density at radius 1 is 1.20 bits per heavy atom. The second kappa shape index (κ2) is 11.5. The highest BCUT2D eigenvalue weighted by molar-refractivity contribution is 8.05. The van der Waals surface area contributed by atoms with Crippen LogP contribution >= 0.6 is 12.6 Å². The van der Waals surface area contributed by atoms with Crippen LogP contribution in [0.5, 0.6) is 0 Å². The molecule has 0 radical (unpaired) electrons. The van der Waals surface area contributed by atoms with Crippen molar-refractivity contribution >= 4 is 41.6 Å². The van der Waals surface area contributed by atoms with Gasteiger partial charge in [0.05, 0.1) is 12.0 Å². The van der Waals surface area contributed by atoms with E-state index in [-0.39, 0.29) is 10.2 Å². The molecule has 2 aromatic rings. The van der Waals surface area contributed by atoms with Crippen LogP contribution in [0.2, 0.25) is 0 Å². The molecule has 0 aromatic heterocycles. The highest BCUT2D eigenvalue weighted by Gasteiger charge is 2.28. The highest BCUT2D eigenvalue weighted by Crippen LogP contribution is 2.20. The standard InChI is InChI=1S/C22H25N3O3S2/c1-16(18-10-6-4-7-11-18)21(22(26)27)24-30(28)20(29)14-25(3)15-23-17(2)19-12-8-5-9-13-19/h4-16,21,24,29H,2H2,1,3H3,(H,26,27)/b20-14+,23-15?. The fourth-order valence-electron chi connectivity index (χ4n) is 2.61. The van der Waals surface area contributed by atoms with Gasteiger partial charge in [-0.1, -0.05) is 74.2 Å². The lowest BCUT2D eigenvalue weighted by molar-refractivity contribution is -0.139. The van der Waals surface area contributed by atoms with Crippen LogP contribution in [0, 0.1) is 0 Å². The van der Waals surface area contributed by atoms with Gasteiger partial charge in [0.1, 0.15) is 21.3 Å². The van der Waals surface area contributed by atoms with Gasteiger partial charge in [-0.3, -0.25) is 4.79 Å². The molecule has 0 aliphatic rings. The van der Waals surface area contributed by atoms with Gasteiger partial charge in [-0.05, 0) is 11.1 Å². The smallest absolute Gasteiger partial charge is 0.322 e. The third-order valence-corrected chi connectivity index (χ3v) is 5.90. The number of thiol groups is 1. The van der Waals surface area contributed by atoms with Crippen molar-refractivity contribution in [2.45, 2.75) is 18.9 Å². The summed E-state index contributed by atoms with van der Waals surface area (Å²) < 4.78 is 15.4. The Morgan fingerprint density at radius 3 is 2.33 bits per heavy atom. The predicted molar refractivity (Wildman–Crippen MR) is 126 cm³/mol. The van der Waals surface area contributed by atoms with E-state index in [0.717, 1.165) is 11.1 Å². The summed E-state index contributed by atoms with van der Waals surface area (Å²) in [7, 11) is -0.107. The topological polar surface area (TPSA) is 82.0 Å². The quantitative estimate of drug-likeness (QED) is 0.296. The summed E-state index contributed by atoms with van der Waals surface area (Å²) in [4.78, 5) is 17.6. The monoisotopic (exact) mass is 443 g/mol. The average Bonchev–Trinajstić information content (AvgIpc) is 2.76. The van der Waals surface area contributed by atoms with E-state index in [2.05, 4.69) is 28.9 Å². The summed E-state index contributed by atoms with van der Waals surface area (Å²) in [5, 5.41) is 9.59. The van der Waals surface area contributed by atoms with E-state index in [1.807, 2.05) is 60.7 Å². The van der Waals surface area contributed by atoms with Gasteiger partial charge in [0.15, 0.2) is 0 Å². The van der Waals surface area contributed by atoms with E-state index in [0.29, 0.717) is 5.70 Å². The number of rotatable bonds is 10. The summed E-state index contributed by atoms with van der Waals surface area (Å²) >= 11 is 4.26. The van der Waals surface area contributed by atoms with Crippen molar-refractivity contribution in [2.24, 2.45) is 4.99 Å². The second-order valence-electron chi connectivity index (χ2n) is 6.59. The molecule has 0 aliphatic carbocycles. The Morgan fingerprint density at radius 2 is 1.77 bits per heavy atom. The molecule has 0 saturated carbocycles. The van der Waals surface area contributed by atoms with Crippen LogP contribution < -0.4 is 4.72 Å². The molecule has 2 rings (SSSR count). The Kier molecular flexibility index (Phi) is 9.04. The summed E-state index contributed by atoms with van der Waals surface area (Å²) in [6, 6.07) is 17.7. The van der Waals surface area contributed by atoms with Crippen LogP contribution in [-0.2, 0) is 15.8 Å². The Hall–Kier alpha value is -2.68. The minimum Gasteiger partial charge on any atom is -0.480 e. The summed E-state index contributed by atoms with van der Waals surface area (Å²) in [5.74, 6) is -1.47. The van der Waals surface area contributed by atoms with Crippen LogP contribution in [0.3, 0.4) is 0 Å². The third kappa shape index (κ3) is 6.98. The van der Waals surface area contributed by atoms with E-state index in [1.54, 1.807) is 18.9 Å². The summed E-state index contributed by atoms with van der Waals surface area (Å²) in [6.07, 6.45) is 3.02. The zero-order chi connectivity index (χ0) is 22.1. The molecular weight excluding hydrogens is 418 g/mol. The zero-order valence-electron chi connectivity index (χ0n) is 16.8. The van der Waals surface area contributed by atoms with Crippen LogP contribution in [0.15, 0.2) is 82.7 Å². The van der Waals surface area contributed by atoms with Gasteiger partial charge in [-0.2, -0.15) is 0 Å². The molecule has 0 fully saturated rings. The number of carbonyl (C=O) groups is 1. The molecule has 2 N–H and O–H groups in total. The number of carboxylic acids is 1. The van der Waals surface area contributed by atoms with Gasteiger partial charge in [0.25, 0.3) is 0 Å². The van der Waals surface area contributed by atoms with Crippen molar-refractivity contribution in [3.63, 3.8) is 0 Å². The lowest BCUT2D eigenvalue weighted by atomic mass is 9.94. The molecule has 3 unspecified atom stereocenters. The largest absolute Gasteiger partial charge is 0.480 e. The van der Waals surface area contributed by atoms with Crippen molar-refractivity contribution in [3.05, 3.63) is 88.8 Å². The molecule has 0 heterocycles. The van der Waals surface area contributed by atoms with E-state index >= 15 is 0 Å². The van der Waals surface area contributed by atoms with Crippen LogP contribution in [0.25, 0.3) is 5.70 Å². The molecule has 0 aliphatic heterocycles. The number of nitrogens with zero attached hydrogens (tertiary/aromatic N) is 2. The fraction of sp³-hybridized carbons (Fsp3) is 0.182. The Balaban J connectivity index is 2.03.